The Morgan fingerprint density at radius 1 is 1.50 bits per heavy atom. The largest absolute Gasteiger partial charge is 0.491 e. The maximum Gasteiger partial charge on any atom is 0.325 e. The lowest BCUT2D eigenvalue weighted by Crippen LogP contribution is -2.21. The number of carbonyl (C=O) groups is 1. The highest BCUT2D eigenvalue weighted by molar-refractivity contribution is 6.29. The minimum atomic E-state index is -1.17. The molecule has 7 heteroatoms. The quantitative estimate of drug-likeness (QED) is 0.505. The fraction of sp³-hybridized carbons (Fsp3) is 0.364. The Morgan fingerprint density at radius 2 is 2.11 bits per heavy atom. The lowest BCUT2D eigenvalue weighted by molar-refractivity contribution is -0.385. The maximum atomic E-state index is 10.7. The zero-order valence-corrected chi connectivity index (χ0v) is 10.6. The van der Waals surface area contributed by atoms with E-state index in [4.69, 9.17) is 21.4 Å². The molecular formula is C11H12ClNO5. The fourth-order valence-corrected chi connectivity index (χ4v) is 1.42. The van der Waals surface area contributed by atoms with E-state index in [2.05, 4.69) is 0 Å². The van der Waals surface area contributed by atoms with E-state index in [1.165, 1.54) is 12.1 Å². The van der Waals surface area contributed by atoms with E-state index < -0.39 is 16.3 Å². The second-order valence-corrected chi connectivity index (χ2v) is 4.30. The molecule has 0 radical (unpaired) electrons. The van der Waals surface area contributed by atoms with Gasteiger partial charge >= 0.3 is 5.97 Å². The molecule has 0 aliphatic carbocycles. The van der Waals surface area contributed by atoms with Gasteiger partial charge < -0.3 is 9.84 Å². The first-order chi connectivity index (χ1) is 8.32. The number of alkyl halides is 1. The van der Waals surface area contributed by atoms with Gasteiger partial charge in [-0.3, -0.25) is 14.9 Å². The van der Waals surface area contributed by atoms with Gasteiger partial charge in [-0.2, -0.15) is 0 Å². The van der Waals surface area contributed by atoms with Crippen molar-refractivity contribution >= 4 is 23.3 Å². The summed E-state index contributed by atoms with van der Waals surface area (Å²) < 4.78 is 5.24. The first kappa shape index (κ1) is 14.2. The highest BCUT2D eigenvalue weighted by atomic mass is 35.5. The molecule has 98 valence electrons. The number of aryl methyl sites for hydroxylation is 2. The molecule has 1 aromatic carbocycles. The first-order valence-electron chi connectivity index (χ1n) is 5.08. The summed E-state index contributed by atoms with van der Waals surface area (Å²) in [5.74, 6) is -0.780. The fourth-order valence-electron chi connectivity index (χ4n) is 1.36. The molecule has 18 heavy (non-hydrogen) atoms. The minimum Gasteiger partial charge on any atom is -0.491 e. The van der Waals surface area contributed by atoms with E-state index in [0.29, 0.717) is 16.9 Å². The van der Waals surface area contributed by atoms with Crippen LogP contribution in [-0.4, -0.2) is 28.0 Å². The monoisotopic (exact) mass is 273 g/mol. The number of aliphatic carboxylic acids is 1. The molecule has 1 rings (SSSR count). The van der Waals surface area contributed by atoms with Crippen LogP contribution < -0.4 is 4.74 Å². The number of hydrogen-bond donors (Lipinski definition) is 1. The average molecular weight is 274 g/mol. The molecule has 1 unspecified atom stereocenters. The Kier molecular flexibility index (Phi) is 4.49. The predicted molar refractivity (Wildman–Crippen MR) is 65.3 cm³/mol. The second kappa shape index (κ2) is 5.68. The van der Waals surface area contributed by atoms with Crippen LogP contribution in [0.15, 0.2) is 12.1 Å². The molecule has 0 bridgehead atoms. The number of halogens is 1. The molecule has 0 spiro atoms. The normalized spacial score (nSPS) is 11.9. The SMILES string of the molecule is Cc1cc([N+](=O)[O-])c(C)cc1OCC(Cl)C(=O)O. The highest BCUT2D eigenvalue weighted by Gasteiger charge is 2.17. The summed E-state index contributed by atoms with van der Waals surface area (Å²) in [6.45, 7) is 3.03. The van der Waals surface area contributed by atoms with E-state index in [0.717, 1.165) is 0 Å². The topological polar surface area (TPSA) is 89.7 Å². The molecule has 0 fully saturated rings. The molecule has 0 amide bonds. The number of nitrogens with zero attached hydrogens (tertiary/aromatic N) is 1. The molecule has 0 aliphatic heterocycles. The van der Waals surface area contributed by atoms with Crippen molar-refractivity contribution in [1.82, 2.24) is 0 Å². The summed E-state index contributed by atoms with van der Waals surface area (Å²) in [4.78, 5) is 20.7. The molecule has 0 heterocycles. The first-order valence-corrected chi connectivity index (χ1v) is 5.52. The second-order valence-electron chi connectivity index (χ2n) is 3.78. The number of carboxylic acids is 1. The van der Waals surface area contributed by atoms with Crippen molar-refractivity contribution in [3.05, 3.63) is 33.4 Å². The third-order valence-corrected chi connectivity index (χ3v) is 2.66. The predicted octanol–water partition coefficient (Wildman–Crippen LogP) is 2.28. The summed E-state index contributed by atoms with van der Waals surface area (Å²) >= 11 is 5.51. The van der Waals surface area contributed by atoms with Crippen LogP contribution in [0, 0.1) is 24.0 Å². The molecule has 0 aromatic heterocycles. The van der Waals surface area contributed by atoms with E-state index in [1.807, 2.05) is 0 Å². The van der Waals surface area contributed by atoms with Crippen molar-refractivity contribution in [1.29, 1.82) is 0 Å². The van der Waals surface area contributed by atoms with Crippen molar-refractivity contribution in [2.24, 2.45) is 0 Å². The van der Waals surface area contributed by atoms with Gasteiger partial charge in [-0.25, -0.2) is 0 Å². The van der Waals surface area contributed by atoms with Gasteiger partial charge in [0.2, 0.25) is 0 Å². The highest BCUT2D eigenvalue weighted by Crippen LogP contribution is 2.27. The number of nitro benzene ring substituents is 1. The van der Waals surface area contributed by atoms with E-state index in [-0.39, 0.29) is 12.3 Å². The van der Waals surface area contributed by atoms with Crippen LogP contribution in [0.5, 0.6) is 5.75 Å². The molecule has 0 saturated heterocycles. The zero-order valence-electron chi connectivity index (χ0n) is 9.84. The van der Waals surface area contributed by atoms with Crippen molar-refractivity contribution in [2.75, 3.05) is 6.61 Å². The summed E-state index contributed by atoms with van der Waals surface area (Å²) in [6.07, 6.45) is 0. The zero-order chi connectivity index (χ0) is 13.9. The van der Waals surface area contributed by atoms with E-state index in [9.17, 15) is 14.9 Å². The van der Waals surface area contributed by atoms with Crippen LogP contribution in [0.1, 0.15) is 11.1 Å². The number of ether oxygens (including phenoxy) is 1. The molecule has 1 atom stereocenters. The van der Waals surface area contributed by atoms with Crippen LogP contribution >= 0.6 is 11.6 Å². The Bertz CT molecular complexity index is 489. The van der Waals surface area contributed by atoms with Crippen LogP contribution in [0.25, 0.3) is 0 Å². The number of nitro groups is 1. The molecular weight excluding hydrogens is 262 g/mol. The van der Waals surface area contributed by atoms with Crippen molar-refractivity contribution in [3.63, 3.8) is 0 Å². The van der Waals surface area contributed by atoms with Gasteiger partial charge in [0.1, 0.15) is 12.4 Å². The Balaban J connectivity index is 2.88. The lowest BCUT2D eigenvalue weighted by Gasteiger charge is -2.11. The molecule has 1 aromatic rings. The van der Waals surface area contributed by atoms with Gasteiger partial charge in [0.15, 0.2) is 5.38 Å². The number of carboxylic acid groups (broad SMARTS) is 1. The molecule has 0 saturated carbocycles. The minimum absolute atomic E-state index is 0.000470. The smallest absolute Gasteiger partial charge is 0.325 e. The Labute approximate surface area is 108 Å². The Hall–Kier alpha value is -1.82. The third kappa shape index (κ3) is 3.33. The molecule has 6 nitrogen and oxygen atoms in total. The summed E-state index contributed by atoms with van der Waals surface area (Å²) in [6, 6.07) is 2.88. The molecule has 0 aliphatic rings. The molecule has 1 N–H and O–H groups in total. The number of rotatable bonds is 5. The van der Waals surface area contributed by atoms with Crippen LogP contribution in [0.2, 0.25) is 0 Å². The van der Waals surface area contributed by atoms with Gasteiger partial charge in [-0.05, 0) is 25.5 Å². The van der Waals surface area contributed by atoms with Gasteiger partial charge in [0.25, 0.3) is 5.69 Å². The van der Waals surface area contributed by atoms with E-state index in [1.54, 1.807) is 13.8 Å². The van der Waals surface area contributed by atoms with E-state index >= 15 is 0 Å². The van der Waals surface area contributed by atoms with Crippen molar-refractivity contribution in [2.45, 2.75) is 19.2 Å². The Morgan fingerprint density at radius 3 is 2.61 bits per heavy atom. The van der Waals surface area contributed by atoms with Crippen molar-refractivity contribution in [3.8, 4) is 5.75 Å². The lowest BCUT2D eigenvalue weighted by atomic mass is 10.1. The van der Waals surface area contributed by atoms with Crippen molar-refractivity contribution < 1.29 is 19.6 Å². The van der Waals surface area contributed by atoms with Crippen LogP contribution in [0.3, 0.4) is 0 Å². The summed E-state index contributed by atoms with van der Waals surface area (Å²) in [7, 11) is 0. The third-order valence-electron chi connectivity index (χ3n) is 2.34. The average Bonchev–Trinajstić information content (AvgIpc) is 2.28. The number of benzene rings is 1. The van der Waals surface area contributed by atoms with Crippen LogP contribution in [0.4, 0.5) is 5.69 Å². The van der Waals surface area contributed by atoms with Crippen LogP contribution in [-0.2, 0) is 4.79 Å². The standard InChI is InChI=1S/C11H12ClNO5/c1-6-4-10(18-5-8(12)11(14)15)7(2)3-9(6)13(16)17/h3-4,8H,5H2,1-2H3,(H,14,15). The van der Waals surface area contributed by atoms with Gasteiger partial charge in [0.05, 0.1) is 4.92 Å². The van der Waals surface area contributed by atoms with Gasteiger partial charge in [-0.15, -0.1) is 11.6 Å². The van der Waals surface area contributed by atoms with Gasteiger partial charge in [0, 0.05) is 11.6 Å². The van der Waals surface area contributed by atoms with Gasteiger partial charge in [-0.1, -0.05) is 0 Å². The summed E-state index contributed by atoms with van der Waals surface area (Å²) in [5, 5.41) is 18.2. The number of hydrogen-bond acceptors (Lipinski definition) is 4. The summed E-state index contributed by atoms with van der Waals surface area (Å²) in [5.41, 5.74) is 1.00. The maximum absolute atomic E-state index is 10.7.